The van der Waals surface area contributed by atoms with Gasteiger partial charge in [0.1, 0.15) is 0 Å². The van der Waals surface area contributed by atoms with Gasteiger partial charge in [-0.2, -0.15) is 0 Å². The van der Waals surface area contributed by atoms with E-state index in [0.717, 1.165) is 16.7 Å². The Morgan fingerprint density at radius 3 is 2.38 bits per heavy atom. The minimum atomic E-state index is -3.37. The van der Waals surface area contributed by atoms with Gasteiger partial charge in [0.25, 0.3) is 0 Å². The summed E-state index contributed by atoms with van der Waals surface area (Å²) in [5, 5.41) is 10.1. The van der Waals surface area contributed by atoms with Gasteiger partial charge >= 0.3 is 0 Å². The van der Waals surface area contributed by atoms with Crippen molar-refractivity contribution < 1.29 is 13.5 Å². The predicted octanol–water partition coefficient (Wildman–Crippen LogP) is 2.95. The van der Waals surface area contributed by atoms with Crippen molar-refractivity contribution in [2.75, 3.05) is 5.75 Å². The number of sulfone groups is 1. The molecule has 0 heterocycles. The van der Waals surface area contributed by atoms with Crippen molar-refractivity contribution in [2.24, 2.45) is 0 Å². The second kappa shape index (κ2) is 6.41. The molecular weight excluding hydrogens is 284 g/mol. The van der Waals surface area contributed by atoms with Crippen LogP contribution in [-0.2, 0) is 15.6 Å². The fourth-order valence-electron chi connectivity index (χ4n) is 2.26. The highest BCUT2D eigenvalue weighted by Crippen LogP contribution is 2.19. The smallest absolute Gasteiger partial charge is 0.157 e. The molecule has 0 radical (unpaired) electrons. The topological polar surface area (TPSA) is 54.4 Å². The van der Waals surface area contributed by atoms with E-state index >= 15 is 0 Å². The van der Waals surface area contributed by atoms with Crippen LogP contribution in [0.1, 0.15) is 28.4 Å². The lowest BCUT2D eigenvalue weighted by Crippen LogP contribution is -2.17. The molecule has 0 amide bonds. The van der Waals surface area contributed by atoms with Crippen molar-refractivity contribution in [3.05, 3.63) is 70.8 Å². The Hall–Kier alpha value is -1.65. The van der Waals surface area contributed by atoms with Crippen LogP contribution in [0.2, 0.25) is 0 Å². The average molecular weight is 304 g/mol. The van der Waals surface area contributed by atoms with Gasteiger partial charge in [-0.1, -0.05) is 54.1 Å². The number of rotatable bonds is 5. The van der Waals surface area contributed by atoms with E-state index in [4.69, 9.17) is 0 Å². The van der Waals surface area contributed by atoms with Crippen molar-refractivity contribution in [3.8, 4) is 0 Å². The summed E-state index contributed by atoms with van der Waals surface area (Å²) < 4.78 is 24.6. The third kappa shape index (κ3) is 4.41. The van der Waals surface area contributed by atoms with E-state index in [1.54, 1.807) is 24.3 Å². The lowest BCUT2D eigenvalue weighted by molar-refractivity contribution is 0.201. The average Bonchev–Trinajstić information content (AvgIpc) is 2.43. The van der Waals surface area contributed by atoms with Gasteiger partial charge in [0.15, 0.2) is 9.84 Å². The fourth-order valence-corrected chi connectivity index (χ4v) is 3.84. The molecule has 2 aromatic carbocycles. The minimum Gasteiger partial charge on any atom is -0.387 e. The number of benzene rings is 2. The summed E-state index contributed by atoms with van der Waals surface area (Å²) >= 11 is 0. The molecule has 0 aliphatic carbocycles. The quantitative estimate of drug-likeness (QED) is 0.924. The van der Waals surface area contributed by atoms with Crippen LogP contribution in [0, 0.1) is 13.8 Å². The standard InChI is InChI=1S/C17H20O3S/c1-13-8-9-14(2)16(10-13)11-21(19,20)12-17(18)15-6-4-3-5-7-15/h3-10,17-18H,11-12H2,1-2H3/t17-/m0/s1. The summed E-state index contributed by atoms with van der Waals surface area (Å²) in [7, 11) is -3.37. The fraction of sp³-hybridized carbons (Fsp3) is 0.294. The first kappa shape index (κ1) is 15.7. The van der Waals surface area contributed by atoms with Gasteiger partial charge in [-0.05, 0) is 30.5 Å². The molecule has 0 fully saturated rings. The van der Waals surface area contributed by atoms with E-state index in [0.29, 0.717) is 5.56 Å². The normalized spacial score (nSPS) is 13.1. The molecule has 21 heavy (non-hydrogen) atoms. The molecule has 0 bridgehead atoms. The molecule has 0 saturated carbocycles. The Bertz CT molecular complexity index is 706. The molecule has 2 aromatic rings. The number of hydrogen-bond donors (Lipinski definition) is 1. The first-order valence-electron chi connectivity index (χ1n) is 6.87. The van der Waals surface area contributed by atoms with Crippen LogP contribution in [0.3, 0.4) is 0 Å². The first-order chi connectivity index (χ1) is 9.87. The lowest BCUT2D eigenvalue weighted by atomic mass is 10.1. The molecular formula is C17H20O3S. The Morgan fingerprint density at radius 2 is 1.71 bits per heavy atom. The third-order valence-electron chi connectivity index (χ3n) is 3.48. The zero-order chi connectivity index (χ0) is 15.5. The Balaban J connectivity index is 2.14. The van der Waals surface area contributed by atoms with Crippen LogP contribution in [-0.4, -0.2) is 19.3 Å². The zero-order valence-corrected chi connectivity index (χ0v) is 13.1. The molecule has 2 rings (SSSR count). The summed E-state index contributed by atoms with van der Waals surface area (Å²) in [6.45, 7) is 3.84. The zero-order valence-electron chi connectivity index (χ0n) is 12.3. The molecule has 0 spiro atoms. The molecule has 1 N–H and O–H groups in total. The number of aliphatic hydroxyl groups excluding tert-OH is 1. The minimum absolute atomic E-state index is 0.0373. The summed E-state index contributed by atoms with van der Waals surface area (Å²) in [4.78, 5) is 0. The van der Waals surface area contributed by atoms with Crippen LogP contribution in [0.25, 0.3) is 0 Å². The monoisotopic (exact) mass is 304 g/mol. The van der Waals surface area contributed by atoms with Gasteiger partial charge < -0.3 is 5.11 Å². The molecule has 1 atom stereocenters. The van der Waals surface area contributed by atoms with E-state index < -0.39 is 15.9 Å². The van der Waals surface area contributed by atoms with Crippen LogP contribution in [0.5, 0.6) is 0 Å². The van der Waals surface area contributed by atoms with E-state index in [9.17, 15) is 13.5 Å². The van der Waals surface area contributed by atoms with Crippen molar-refractivity contribution in [1.29, 1.82) is 0 Å². The van der Waals surface area contributed by atoms with Gasteiger partial charge in [0.2, 0.25) is 0 Å². The number of aliphatic hydroxyl groups is 1. The summed E-state index contributed by atoms with van der Waals surface area (Å²) in [5.74, 6) is -0.297. The van der Waals surface area contributed by atoms with Gasteiger partial charge in [0.05, 0.1) is 17.6 Å². The molecule has 112 valence electrons. The summed E-state index contributed by atoms with van der Waals surface area (Å²) in [5.41, 5.74) is 3.42. The number of aryl methyl sites for hydroxylation is 2. The second-order valence-electron chi connectivity index (χ2n) is 5.41. The van der Waals surface area contributed by atoms with E-state index in [1.165, 1.54) is 0 Å². The maximum absolute atomic E-state index is 12.3. The highest BCUT2D eigenvalue weighted by Gasteiger charge is 2.20. The summed E-state index contributed by atoms with van der Waals surface area (Å²) in [6.07, 6.45) is -0.985. The summed E-state index contributed by atoms with van der Waals surface area (Å²) in [6, 6.07) is 14.7. The maximum Gasteiger partial charge on any atom is 0.157 e. The van der Waals surface area contributed by atoms with E-state index in [2.05, 4.69) is 0 Å². The van der Waals surface area contributed by atoms with Gasteiger partial charge in [-0.3, -0.25) is 0 Å². The van der Waals surface area contributed by atoms with E-state index in [-0.39, 0.29) is 11.5 Å². The first-order valence-corrected chi connectivity index (χ1v) is 8.69. The van der Waals surface area contributed by atoms with Gasteiger partial charge in [-0.15, -0.1) is 0 Å². The lowest BCUT2D eigenvalue weighted by Gasteiger charge is -2.13. The van der Waals surface area contributed by atoms with Crippen LogP contribution in [0.15, 0.2) is 48.5 Å². The Morgan fingerprint density at radius 1 is 1.05 bits per heavy atom. The van der Waals surface area contributed by atoms with Crippen LogP contribution >= 0.6 is 0 Å². The van der Waals surface area contributed by atoms with E-state index in [1.807, 2.05) is 38.1 Å². The van der Waals surface area contributed by atoms with Gasteiger partial charge in [-0.25, -0.2) is 8.42 Å². The van der Waals surface area contributed by atoms with Gasteiger partial charge in [0, 0.05) is 0 Å². The highest BCUT2D eigenvalue weighted by atomic mass is 32.2. The Kier molecular flexibility index (Phi) is 4.80. The highest BCUT2D eigenvalue weighted by molar-refractivity contribution is 7.90. The third-order valence-corrected chi connectivity index (χ3v) is 5.05. The Labute approximate surface area is 126 Å². The van der Waals surface area contributed by atoms with Crippen molar-refractivity contribution in [2.45, 2.75) is 25.7 Å². The maximum atomic E-state index is 12.3. The molecule has 0 aliphatic heterocycles. The van der Waals surface area contributed by atoms with Crippen molar-refractivity contribution in [1.82, 2.24) is 0 Å². The predicted molar refractivity (Wildman–Crippen MR) is 84.8 cm³/mol. The van der Waals surface area contributed by atoms with Crippen LogP contribution < -0.4 is 0 Å². The molecule has 3 nitrogen and oxygen atoms in total. The van der Waals surface area contributed by atoms with Crippen LogP contribution in [0.4, 0.5) is 0 Å². The second-order valence-corrected chi connectivity index (χ2v) is 7.52. The number of hydrogen-bond acceptors (Lipinski definition) is 3. The van der Waals surface area contributed by atoms with Crippen molar-refractivity contribution in [3.63, 3.8) is 0 Å². The molecule has 4 heteroatoms. The SMILES string of the molecule is Cc1ccc(C)c(CS(=O)(=O)C[C@H](O)c2ccccc2)c1. The molecule has 0 unspecified atom stereocenters. The molecule has 0 aliphatic rings. The largest absolute Gasteiger partial charge is 0.387 e. The molecule has 0 saturated heterocycles. The molecule has 0 aromatic heterocycles. The van der Waals surface area contributed by atoms with Crippen molar-refractivity contribution >= 4 is 9.84 Å².